The average Bonchev–Trinajstić information content (AvgIpc) is 1.27. The third kappa shape index (κ3) is 16.5. The largest absolute Gasteiger partial charge is 0.443 e. The smallest absolute Gasteiger partial charge is 0.415 e. The lowest BCUT2D eigenvalue weighted by atomic mass is 9.83. The van der Waals surface area contributed by atoms with Crippen molar-refractivity contribution in [1.82, 2.24) is 46.2 Å². The number of H-pyrrole nitrogens is 1. The number of likely N-dealkylation sites (tertiary alicyclic amines) is 1. The summed E-state index contributed by atoms with van der Waals surface area (Å²) in [6.07, 6.45) is 8.02. The third-order valence-corrected chi connectivity index (χ3v) is 18.0. The zero-order valence-corrected chi connectivity index (χ0v) is 54.1. The predicted molar refractivity (Wildman–Crippen MR) is 341 cm³/mol. The van der Waals surface area contributed by atoms with Crippen LogP contribution in [0.25, 0.3) is 10.9 Å². The number of hydrogen-bond acceptors (Lipinski definition) is 15. The Morgan fingerprint density at radius 3 is 2.22 bits per heavy atom. The van der Waals surface area contributed by atoms with Gasteiger partial charge in [0, 0.05) is 67.5 Å². The molecule has 496 valence electrons. The first-order valence-electron chi connectivity index (χ1n) is 31.4. The molecule has 3 aliphatic heterocycles. The van der Waals surface area contributed by atoms with E-state index in [2.05, 4.69) is 36.7 Å². The average molecular weight is 1290 g/mol. The highest BCUT2D eigenvalue weighted by molar-refractivity contribution is 7.98. The molecule has 1 saturated carbocycles. The number of carbonyl (C=O) groups is 8. The number of ether oxygens (including phenoxy) is 4. The molecule has 5 aromatic rings. The molecule has 4 fully saturated rings. The Labute approximate surface area is 538 Å². The van der Waals surface area contributed by atoms with Gasteiger partial charge in [-0.15, -0.1) is 0 Å². The Bertz CT molecular complexity index is 3460. The molecule has 26 heteroatoms. The summed E-state index contributed by atoms with van der Waals surface area (Å²) in [5, 5.41) is 29.5. The number of aliphatic hydroxyl groups is 1. The minimum atomic E-state index is -1.70. The van der Waals surface area contributed by atoms with Crippen LogP contribution in [0.4, 0.5) is 14.9 Å². The van der Waals surface area contributed by atoms with Crippen LogP contribution in [0.3, 0.4) is 0 Å². The minimum Gasteiger partial charge on any atom is -0.443 e. The van der Waals surface area contributed by atoms with E-state index in [0.717, 1.165) is 31.2 Å². The van der Waals surface area contributed by atoms with Gasteiger partial charge in [0.2, 0.25) is 35.4 Å². The Balaban J connectivity index is 0.936. The number of halogens is 1. The number of thioether (sulfide) groups is 1. The molecule has 2 aromatic heterocycles. The molecule has 1 aliphatic carbocycles. The minimum absolute atomic E-state index is 0.0167. The molecular formula is C66H86FN11O13S. The van der Waals surface area contributed by atoms with E-state index in [1.165, 1.54) is 28.8 Å². The molecule has 5 heterocycles. The standard InChI is InChI=1S/C66H86FN11O13S/c1-37-15-13-20-46(67)54(37)63(86)77-27-14-19-44(55(77)38-22-24-42(25-23-38)78(41-16-9-10-17-41)64(87)91-65(2,3)4)58(81)75-51(35-79)62(85)73-49(29-39-31-69-47-21-12-11-18-43(39)47)60(83)74-50(30-53(68)80)61(84)72-48(26-28-92-8)59(82)70-33-52-57-56(89-66(5,6)90-57)45(36-88-52)40-32-71-76(7)34-40/h11-13,15,18,20-25,31-32,34,41,44-45,48-52,55-57,69,79H,9-10,14,16-17,19,26-30,33,35-36H2,1-8H3,(H2,68,80)(H,70,82)(H,72,84)(H,73,85)(H,74,83)(H,75,81)/t44-,45-,48?,49?,50?,51?,52+,55-,56+,57-/m0/s1. The second-order valence-corrected chi connectivity index (χ2v) is 26.7. The molecule has 8 amide bonds. The zero-order valence-electron chi connectivity index (χ0n) is 53.3. The number of anilines is 1. The number of hydrogen-bond donors (Lipinski definition) is 8. The number of rotatable bonds is 24. The molecule has 10 atom stereocenters. The second kappa shape index (κ2) is 29.8. The summed E-state index contributed by atoms with van der Waals surface area (Å²) in [5.74, 6) is -8.44. The van der Waals surface area contributed by atoms with Gasteiger partial charge in [0.05, 0.1) is 49.5 Å². The van der Waals surface area contributed by atoms with Crippen molar-refractivity contribution >= 4 is 75.8 Å². The Hall–Kier alpha value is -7.91. The van der Waals surface area contributed by atoms with E-state index in [4.69, 9.17) is 24.7 Å². The van der Waals surface area contributed by atoms with E-state index in [1.54, 1.807) is 112 Å². The highest BCUT2D eigenvalue weighted by atomic mass is 32.2. The number of carbonyl (C=O) groups excluding carboxylic acids is 8. The number of aromatic amines is 1. The first-order valence-corrected chi connectivity index (χ1v) is 32.8. The molecule has 24 nitrogen and oxygen atoms in total. The lowest BCUT2D eigenvalue weighted by molar-refractivity contribution is -0.153. The number of amides is 8. The van der Waals surface area contributed by atoms with Gasteiger partial charge in [-0.3, -0.25) is 43.1 Å². The first kappa shape index (κ1) is 68.5. The summed E-state index contributed by atoms with van der Waals surface area (Å²) in [5.41, 5.74) is 8.29. The molecule has 3 saturated heterocycles. The summed E-state index contributed by atoms with van der Waals surface area (Å²) in [7, 11) is 1.81. The van der Waals surface area contributed by atoms with Crippen molar-refractivity contribution in [2.75, 3.05) is 43.2 Å². The molecule has 92 heavy (non-hydrogen) atoms. The molecule has 3 aromatic carbocycles. The first-order chi connectivity index (χ1) is 43.8. The number of aryl methyl sites for hydroxylation is 2. The maximum absolute atomic E-state index is 15.7. The normalized spacial score (nSPS) is 21.9. The number of nitrogens with one attached hydrogen (secondary N) is 6. The summed E-state index contributed by atoms with van der Waals surface area (Å²) in [6, 6.07) is 11.1. The van der Waals surface area contributed by atoms with Gasteiger partial charge in [0.1, 0.15) is 47.8 Å². The predicted octanol–water partition coefficient (Wildman–Crippen LogP) is 5.25. The van der Waals surface area contributed by atoms with Gasteiger partial charge < -0.3 is 66.3 Å². The monoisotopic (exact) mass is 1290 g/mol. The van der Waals surface area contributed by atoms with Gasteiger partial charge in [0.25, 0.3) is 5.91 Å². The second-order valence-electron chi connectivity index (χ2n) is 25.7. The molecular weight excluding hydrogens is 1210 g/mol. The van der Waals surface area contributed by atoms with Gasteiger partial charge in [-0.2, -0.15) is 16.9 Å². The highest BCUT2D eigenvalue weighted by Gasteiger charge is 2.53. The van der Waals surface area contributed by atoms with Crippen LogP contribution in [0.2, 0.25) is 0 Å². The van der Waals surface area contributed by atoms with Crippen LogP contribution in [0.1, 0.15) is 131 Å². The number of aromatic nitrogens is 3. The van der Waals surface area contributed by atoms with E-state index in [1.807, 2.05) is 25.6 Å². The molecule has 9 N–H and O–H groups in total. The number of aliphatic hydroxyl groups excluding tert-OH is 1. The molecule has 0 radical (unpaired) electrons. The van der Waals surface area contributed by atoms with E-state index in [0.29, 0.717) is 45.5 Å². The van der Waals surface area contributed by atoms with Gasteiger partial charge in [0.15, 0.2) is 5.79 Å². The van der Waals surface area contributed by atoms with Crippen molar-refractivity contribution in [3.8, 4) is 0 Å². The number of primary amides is 1. The van der Waals surface area contributed by atoms with Crippen LogP contribution in [-0.2, 0) is 61.2 Å². The van der Waals surface area contributed by atoms with E-state index in [9.17, 15) is 43.5 Å². The van der Waals surface area contributed by atoms with E-state index < -0.39 is 132 Å². The van der Waals surface area contributed by atoms with Gasteiger partial charge in [-0.1, -0.05) is 55.3 Å². The van der Waals surface area contributed by atoms with Crippen LogP contribution in [-0.4, -0.2) is 170 Å². The summed E-state index contributed by atoms with van der Waals surface area (Å²) < 4.78 is 42.2. The summed E-state index contributed by atoms with van der Waals surface area (Å²) in [6.45, 7) is 9.98. The number of para-hydroxylation sites is 1. The quantitative estimate of drug-likeness (QED) is 0.0391. The summed E-state index contributed by atoms with van der Waals surface area (Å²) in [4.78, 5) is 120. The zero-order chi connectivity index (χ0) is 66.2. The maximum Gasteiger partial charge on any atom is 0.415 e. The van der Waals surface area contributed by atoms with Crippen LogP contribution in [0.15, 0.2) is 85.3 Å². The molecule has 0 spiro atoms. The number of nitrogens with zero attached hydrogens (tertiary/aromatic N) is 4. The molecule has 4 aliphatic rings. The number of fused-ring (bicyclic) bond motifs is 2. The summed E-state index contributed by atoms with van der Waals surface area (Å²) >= 11 is 1.42. The highest BCUT2D eigenvalue weighted by Crippen LogP contribution is 2.43. The van der Waals surface area contributed by atoms with Crippen LogP contribution < -0.4 is 37.2 Å². The van der Waals surface area contributed by atoms with Gasteiger partial charge in [-0.25, -0.2) is 9.18 Å². The molecule has 9 rings (SSSR count). The molecule has 4 unspecified atom stereocenters. The fourth-order valence-corrected chi connectivity index (χ4v) is 13.4. The SMILES string of the molecule is CSCCC(NC(=O)C(CC(N)=O)NC(=O)C(Cc1c[nH]c2ccccc12)NC(=O)C(CO)NC(=O)[C@H]1CCCN(C(=O)c2c(C)cccc2F)[C@H]1c1ccc(N(C(=O)OC(C)(C)C)C2CCCC2)cc1)C(=O)NC[C@H]1OC[C@@H](c2cnn(C)c2)[C@H]2OC(C)(C)O[C@H]21. The van der Waals surface area contributed by atoms with Crippen LogP contribution in [0.5, 0.6) is 0 Å². The Kier molecular flexibility index (Phi) is 22.2. The lowest BCUT2D eigenvalue weighted by Crippen LogP contribution is -2.60. The van der Waals surface area contributed by atoms with Crippen molar-refractivity contribution in [1.29, 1.82) is 0 Å². The van der Waals surface area contributed by atoms with Crippen molar-refractivity contribution < 1.29 is 66.8 Å². The topological polar surface area (TPSA) is 320 Å². The van der Waals surface area contributed by atoms with Gasteiger partial charge >= 0.3 is 6.09 Å². The van der Waals surface area contributed by atoms with Crippen molar-refractivity contribution in [3.05, 3.63) is 119 Å². The lowest BCUT2D eigenvalue weighted by Gasteiger charge is -2.41. The number of benzene rings is 3. The number of nitrogens with two attached hydrogens (primary N) is 1. The Morgan fingerprint density at radius 2 is 1.54 bits per heavy atom. The van der Waals surface area contributed by atoms with Crippen LogP contribution in [0, 0.1) is 18.7 Å². The van der Waals surface area contributed by atoms with Crippen molar-refractivity contribution in [3.63, 3.8) is 0 Å². The van der Waals surface area contributed by atoms with E-state index >= 15 is 4.39 Å². The third-order valence-electron chi connectivity index (χ3n) is 17.3. The fraction of sp³-hybridized carbons (Fsp3) is 0.530. The Morgan fingerprint density at radius 1 is 0.859 bits per heavy atom. The van der Waals surface area contributed by atoms with Crippen molar-refractivity contribution in [2.24, 2.45) is 18.7 Å². The van der Waals surface area contributed by atoms with Crippen molar-refractivity contribution in [2.45, 2.75) is 171 Å². The molecule has 0 bridgehead atoms. The number of piperidine rings is 1. The van der Waals surface area contributed by atoms with Gasteiger partial charge in [-0.05, 0) is 132 Å². The van der Waals surface area contributed by atoms with Crippen LogP contribution >= 0.6 is 11.8 Å². The van der Waals surface area contributed by atoms with E-state index in [-0.39, 0.29) is 56.5 Å². The maximum atomic E-state index is 15.7. The fourth-order valence-electron chi connectivity index (χ4n) is 12.9.